The molecule has 1 aliphatic carbocycles. The van der Waals surface area contributed by atoms with Crippen LogP contribution in [0.5, 0.6) is 0 Å². The highest BCUT2D eigenvalue weighted by Crippen LogP contribution is 2.43. The minimum absolute atomic E-state index is 0.0327. The summed E-state index contributed by atoms with van der Waals surface area (Å²) in [5, 5.41) is 3.15. The zero-order valence-corrected chi connectivity index (χ0v) is 13.4. The van der Waals surface area contributed by atoms with Crippen LogP contribution in [0.3, 0.4) is 0 Å². The van der Waals surface area contributed by atoms with Gasteiger partial charge in [-0.25, -0.2) is 0 Å². The lowest BCUT2D eigenvalue weighted by Gasteiger charge is -2.42. The van der Waals surface area contributed by atoms with E-state index in [0.29, 0.717) is 0 Å². The van der Waals surface area contributed by atoms with E-state index >= 15 is 0 Å². The van der Waals surface area contributed by atoms with Gasteiger partial charge in [-0.3, -0.25) is 4.79 Å². The first-order valence-corrected chi connectivity index (χ1v) is 8.02. The van der Waals surface area contributed by atoms with Gasteiger partial charge in [0.15, 0.2) is 0 Å². The van der Waals surface area contributed by atoms with Gasteiger partial charge >= 0.3 is 0 Å². The SMILES string of the molecule is Cc1ccc(C(=O)NCC2(c3ccccc3)CCC2)cc1C. The summed E-state index contributed by atoms with van der Waals surface area (Å²) in [5.74, 6) is 0.0327. The molecule has 1 fully saturated rings. The van der Waals surface area contributed by atoms with Crippen LogP contribution in [0.2, 0.25) is 0 Å². The fourth-order valence-corrected chi connectivity index (χ4v) is 3.20. The molecule has 0 radical (unpaired) electrons. The van der Waals surface area contributed by atoms with Gasteiger partial charge in [-0.2, -0.15) is 0 Å². The fraction of sp³-hybridized carbons (Fsp3) is 0.350. The molecule has 0 unspecified atom stereocenters. The molecule has 3 rings (SSSR count). The van der Waals surface area contributed by atoms with Crippen molar-refractivity contribution in [2.45, 2.75) is 38.5 Å². The molecule has 1 saturated carbocycles. The van der Waals surface area contributed by atoms with E-state index in [-0.39, 0.29) is 11.3 Å². The standard InChI is InChI=1S/C20H23NO/c1-15-9-10-17(13-16(15)2)19(22)21-14-20(11-6-12-20)18-7-4-3-5-8-18/h3-5,7-10,13H,6,11-12,14H2,1-2H3,(H,21,22). The minimum atomic E-state index is 0.0327. The van der Waals surface area contributed by atoms with Crippen molar-refractivity contribution in [2.75, 3.05) is 6.54 Å². The number of aryl methyl sites for hydroxylation is 2. The van der Waals surface area contributed by atoms with Crippen LogP contribution >= 0.6 is 0 Å². The van der Waals surface area contributed by atoms with Gasteiger partial charge in [0.25, 0.3) is 5.91 Å². The van der Waals surface area contributed by atoms with Crippen molar-refractivity contribution in [3.8, 4) is 0 Å². The summed E-state index contributed by atoms with van der Waals surface area (Å²) >= 11 is 0. The van der Waals surface area contributed by atoms with E-state index in [1.165, 1.54) is 17.5 Å². The Bertz CT molecular complexity index is 671. The summed E-state index contributed by atoms with van der Waals surface area (Å²) in [7, 11) is 0. The maximum absolute atomic E-state index is 12.4. The summed E-state index contributed by atoms with van der Waals surface area (Å²) in [6.07, 6.45) is 3.56. The Kier molecular flexibility index (Phi) is 4.02. The Balaban J connectivity index is 1.71. The molecule has 0 bridgehead atoms. The number of amides is 1. The average molecular weight is 293 g/mol. The van der Waals surface area contributed by atoms with Crippen molar-refractivity contribution in [2.24, 2.45) is 0 Å². The van der Waals surface area contributed by atoms with Gasteiger partial charge in [0.1, 0.15) is 0 Å². The quantitative estimate of drug-likeness (QED) is 0.901. The van der Waals surface area contributed by atoms with Crippen LogP contribution in [0, 0.1) is 13.8 Å². The maximum Gasteiger partial charge on any atom is 0.251 e. The second-order valence-electron chi connectivity index (χ2n) is 6.48. The Morgan fingerprint density at radius 1 is 1.05 bits per heavy atom. The lowest BCUT2D eigenvalue weighted by molar-refractivity contribution is 0.0928. The molecular weight excluding hydrogens is 270 g/mol. The molecule has 22 heavy (non-hydrogen) atoms. The van der Waals surface area contributed by atoms with Crippen molar-refractivity contribution < 1.29 is 4.79 Å². The van der Waals surface area contributed by atoms with Crippen LogP contribution in [-0.4, -0.2) is 12.5 Å². The van der Waals surface area contributed by atoms with Crippen LogP contribution in [-0.2, 0) is 5.41 Å². The predicted molar refractivity (Wildman–Crippen MR) is 90.2 cm³/mol. The Morgan fingerprint density at radius 2 is 1.77 bits per heavy atom. The lowest BCUT2D eigenvalue weighted by Crippen LogP contribution is -2.45. The molecule has 1 aliphatic rings. The molecule has 1 amide bonds. The first-order valence-electron chi connectivity index (χ1n) is 8.02. The molecule has 0 aromatic heterocycles. The van der Waals surface area contributed by atoms with Gasteiger partial charge in [0.05, 0.1) is 0 Å². The fourth-order valence-electron chi connectivity index (χ4n) is 3.20. The molecule has 0 saturated heterocycles. The first-order chi connectivity index (χ1) is 10.6. The largest absolute Gasteiger partial charge is 0.351 e. The van der Waals surface area contributed by atoms with E-state index in [0.717, 1.165) is 30.5 Å². The van der Waals surface area contributed by atoms with E-state index in [1.54, 1.807) is 0 Å². The van der Waals surface area contributed by atoms with Gasteiger partial charge in [-0.15, -0.1) is 0 Å². The predicted octanol–water partition coefficient (Wildman–Crippen LogP) is 4.16. The minimum Gasteiger partial charge on any atom is -0.351 e. The monoisotopic (exact) mass is 293 g/mol. The summed E-state index contributed by atoms with van der Waals surface area (Å²) < 4.78 is 0. The van der Waals surface area contributed by atoms with Gasteiger partial charge in [0.2, 0.25) is 0 Å². The van der Waals surface area contributed by atoms with Crippen molar-refractivity contribution in [1.29, 1.82) is 0 Å². The second kappa shape index (κ2) is 5.96. The van der Waals surface area contributed by atoms with E-state index in [1.807, 2.05) is 31.2 Å². The Labute approximate surface area is 132 Å². The van der Waals surface area contributed by atoms with Crippen LogP contribution < -0.4 is 5.32 Å². The summed E-state index contributed by atoms with van der Waals surface area (Å²) in [4.78, 5) is 12.4. The van der Waals surface area contributed by atoms with E-state index in [9.17, 15) is 4.79 Å². The van der Waals surface area contributed by atoms with Crippen LogP contribution in [0.15, 0.2) is 48.5 Å². The smallest absolute Gasteiger partial charge is 0.251 e. The van der Waals surface area contributed by atoms with Gasteiger partial charge in [-0.1, -0.05) is 42.8 Å². The number of hydrogen-bond donors (Lipinski definition) is 1. The third-order valence-electron chi connectivity index (χ3n) is 5.05. The van der Waals surface area contributed by atoms with Crippen molar-refractivity contribution >= 4 is 5.91 Å². The van der Waals surface area contributed by atoms with E-state index in [2.05, 4.69) is 36.5 Å². The van der Waals surface area contributed by atoms with Crippen LogP contribution in [0.1, 0.15) is 46.3 Å². The number of carbonyl (C=O) groups excluding carboxylic acids is 1. The third-order valence-corrected chi connectivity index (χ3v) is 5.05. The molecule has 2 heteroatoms. The average Bonchev–Trinajstić information content (AvgIpc) is 2.50. The van der Waals surface area contributed by atoms with Crippen molar-refractivity contribution in [3.63, 3.8) is 0 Å². The molecule has 2 aromatic rings. The van der Waals surface area contributed by atoms with E-state index in [4.69, 9.17) is 0 Å². The normalized spacial score (nSPS) is 15.9. The Hall–Kier alpha value is -2.09. The topological polar surface area (TPSA) is 29.1 Å². The second-order valence-corrected chi connectivity index (χ2v) is 6.48. The van der Waals surface area contributed by atoms with Crippen LogP contribution in [0.4, 0.5) is 0 Å². The highest BCUT2D eigenvalue weighted by atomic mass is 16.1. The summed E-state index contributed by atoms with van der Waals surface area (Å²) in [6, 6.07) is 16.5. The first kappa shape index (κ1) is 14.8. The van der Waals surface area contributed by atoms with Gasteiger partial charge in [0, 0.05) is 17.5 Å². The zero-order chi connectivity index (χ0) is 15.6. The maximum atomic E-state index is 12.4. The molecular formula is C20H23NO. The lowest BCUT2D eigenvalue weighted by atomic mass is 9.64. The number of nitrogens with one attached hydrogen (secondary N) is 1. The van der Waals surface area contributed by atoms with Crippen molar-refractivity contribution in [1.82, 2.24) is 5.32 Å². The van der Waals surface area contributed by atoms with Crippen molar-refractivity contribution in [3.05, 3.63) is 70.8 Å². The molecule has 114 valence electrons. The zero-order valence-electron chi connectivity index (χ0n) is 13.4. The molecule has 0 aliphatic heterocycles. The third kappa shape index (κ3) is 2.78. The number of hydrogen-bond acceptors (Lipinski definition) is 1. The number of benzene rings is 2. The molecule has 1 N–H and O–H groups in total. The molecule has 0 atom stereocenters. The number of rotatable bonds is 4. The van der Waals surface area contributed by atoms with Gasteiger partial charge < -0.3 is 5.32 Å². The molecule has 0 heterocycles. The highest BCUT2D eigenvalue weighted by Gasteiger charge is 2.38. The summed E-state index contributed by atoms with van der Waals surface area (Å²) in [5.41, 5.74) is 4.62. The molecule has 2 nitrogen and oxygen atoms in total. The molecule has 0 spiro atoms. The van der Waals surface area contributed by atoms with Gasteiger partial charge in [-0.05, 0) is 55.5 Å². The van der Waals surface area contributed by atoms with Crippen LogP contribution in [0.25, 0.3) is 0 Å². The van der Waals surface area contributed by atoms with E-state index < -0.39 is 0 Å². The molecule has 2 aromatic carbocycles. The number of carbonyl (C=O) groups is 1. The Morgan fingerprint density at radius 3 is 2.36 bits per heavy atom. The summed E-state index contributed by atoms with van der Waals surface area (Å²) in [6.45, 7) is 4.84. The highest BCUT2D eigenvalue weighted by molar-refractivity contribution is 5.94.